The average molecular weight is 486 g/mol. The average Bonchev–Trinajstić information content (AvgIpc) is 3.22. The number of benzene rings is 3. The van der Waals surface area contributed by atoms with Crippen LogP contribution in [-0.4, -0.2) is 53.7 Å². The number of aliphatic imine (C=N–C) groups is 1. The number of ether oxygens (including phenoxy) is 1. The number of fused-ring (bicyclic) bond motifs is 1. The number of rotatable bonds is 9. The van der Waals surface area contributed by atoms with Crippen molar-refractivity contribution >= 4 is 34.0 Å². The van der Waals surface area contributed by atoms with Gasteiger partial charge in [0.25, 0.3) is 0 Å². The summed E-state index contributed by atoms with van der Waals surface area (Å²) < 4.78 is 5.12. The molecule has 0 fully saturated rings. The van der Waals surface area contributed by atoms with Gasteiger partial charge in [-0.15, -0.1) is 0 Å². The molecule has 0 aliphatic carbocycles. The minimum absolute atomic E-state index is 0.0244. The van der Waals surface area contributed by atoms with E-state index in [1.54, 1.807) is 25.1 Å². The Bertz CT molecular complexity index is 1390. The lowest BCUT2D eigenvalue weighted by Gasteiger charge is -2.21. The number of carbonyl (C=O) groups is 1. The highest BCUT2D eigenvalue weighted by molar-refractivity contribution is 6.22. The normalized spacial score (nSPS) is 11.6. The third-order valence-corrected chi connectivity index (χ3v) is 6.11. The Morgan fingerprint density at radius 3 is 2.50 bits per heavy atom. The van der Waals surface area contributed by atoms with Gasteiger partial charge in [0, 0.05) is 35.7 Å². The number of nitrogens with zero attached hydrogens (tertiary/aromatic N) is 2. The molecule has 186 valence electrons. The Balaban J connectivity index is 1.86. The van der Waals surface area contributed by atoms with Crippen molar-refractivity contribution in [2.75, 3.05) is 31.7 Å². The number of aliphatic hydroxyl groups is 1. The van der Waals surface area contributed by atoms with Gasteiger partial charge in [-0.1, -0.05) is 43.3 Å². The summed E-state index contributed by atoms with van der Waals surface area (Å²) >= 11 is 0. The summed E-state index contributed by atoms with van der Waals surface area (Å²) in [4.78, 5) is 22.2. The minimum atomic E-state index is -0.412. The molecule has 0 aliphatic heterocycles. The Kier molecular flexibility index (Phi) is 7.71. The molecule has 3 N–H and O–H groups in total. The fourth-order valence-electron chi connectivity index (χ4n) is 4.32. The van der Waals surface area contributed by atoms with Crippen LogP contribution in [0.4, 0.5) is 11.4 Å². The van der Waals surface area contributed by atoms with Gasteiger partial charge in [-0.05, 0) is 49.2 Å². The number of esters is 1. The number of aliphatic hydroxyl groups excluding tert-OH is 1. The van der Waals surface area contributed by atoms with Crippen LogP contribution >= 0.6 is 0 Å². The standard InChI is InChI=1S/C29H31N3O4/c1-4-19-17-22(12-14-25(19)32(3)15-16-33)30-27(20-9-7-6-8-10-20)26-23-13-11-21(29(35)36-5-2)18-24(23)31-28(26)34/h6-14,17-18,31,33-34H,4-5,15-16H2,1-3H3. The molecule has 0 saturated heterocycles. The molecule has 0 aliphatic rings. The van der Waals surface area contributed by atoms with E-state index in [2.05, 4.69) is 11.9 Å². The molecule has 0 atom stereocenters. The maximum Gasteiger partial charge on any atom is 0.338 e. The molecule has 0 spiro atoms. The van der Waals surface area contributed by atoms with Gasteiger partial charge in [0.2, 0.25) is 0 Å². The van der Waals surface area contributed by atoms with Crippen LogP contribution in [-0.2, 0) is 11.2 Å². The predicted molar refractivity (Wildman–Crippen MR) is 144 cm³/mol. The van der Waals surface area contributed by atoms with Crippen LogP contribution < -0.4 is 4.90 Å². The van der Waals surface area contributed by atoms with Crippen LogP contribution in [0.15, 0.2) is 71.7 Å². The maximum absolute atomic E-state index is 12.2. The van der Waals surface area contributed by atoms with Gasteiger partial charge in [-0.2, -0.15) is 0 Å². The first-order valence-electron chi connectivity index (χ1n) is 12.1. The van der Waals surface area contributed by atoms with E-state index in [9.17, 15) is 15.0 Å². The number of nitrogens with one attached hydrogen (secondary N) is 1. The molecule has 0 amide bonds. The number of aromatic hydroxyl groups is 1. The van der Waals surface area contributed by atoms with Gasteiger partial charge in [0.15, 0.2) is 5.88 Å². The topological polar surface area (TPSA) is 98.2 Å². The quantitative estimate of drug-likeness (QED) is 0.223. The number of anilines is 1. The lowest BCUT2D eigenvalue weighted by Crippen LogP contribution is -2.22. The second kappa shape index (κ2) is 11.1. The first kappa shape index (κ1) is 25.0. The number of aromatic nitrogens is 1. The van der Waals surface area contributed by atoms with E-state index >= 15 is 0 Å². The van der Waals surface area contributed by atoms with Gasteiger partial charge < -0.3 is 24.8 Å². The van der Waals surface area contributed by atoms with Crippen LogP contribution in [0.25, 0.3) is 10.9 Å². The first-order chi connectivity index (χ1) is 17.5. The predicted octanol–water partition coefficient (Wildman–Crippen LogP) is 5.21. The SMILES string of the molecule is CCOC(=O)c1ccc2c(C(=Nc3ccc(N(C)CCO)c(CC)c3)c3ccccc3)c(O)[nH]c2c1. The molecule has 0 unspecified atom stereocenters. The molecule has 7 heteroatoms. The molecule has 1 aromatic heterocycles. The van der Waals surface area contributed by atoms with Gasteiger partial charge in [-0.3, -0.25) is 0 Å². The number of carbonyl (C=O) groups excluding carboxylic acids is 1. The number of aryl methyl sites for hydroxylation is 1. The summed E-state index contributed by atoms with van der Waals surface area (Å²) in [5, 5.41) is 21.1. The molecule has 4 aromatic rings. The number of aromatic amines is 1. The Morgan fingerprint density at radius 1 is 1.03 bits per heavy atom. The molecule has 0 radical (unpaired) electrons. The lowest BCUT2D eigenvalue weighted by atomic mass is 10.00. The molecular formula is C29H31N3O4. The van der Waals surface area contributed by atoms with E-state index < -0.39 is 5.97 Å². The number of H-pyrrole nitrogens is 1. The van der Waals surface area contributed by atoms with E-state index in [4.69, 9.17) is 9.73 Å². The van der Waals surface area contributed by atoms with Crippen LogP contribution in [0.5, 0.6) is 5.88 Å². The zero-order valence-electron chi connectivity index (χ0n) is 20.8. The second-order valence-corrected chi connectivity index (χ2v) is 8.47. The van der Waals surface area contributed by atoms with Gasteiger partial charge >= 0.3 is 5.97 Å². The van der Waals surface area contributed by atoms with Crippen molar-refractivity contribution < 1.29 is 19.7 Å². The van der Waals surface area contributed by atoms with E-state index in [0.717, 1.165) is 34.3 Å². The highest BCUT2D eigenvalue weighted by Crippen LogP contribution is 2.33. The van der Waals surface area contributed by atoms with Crippen molar-refractivity contribution in [2.45, 2.75) is 20.3 Å². The van der Waals surface area contributed by atoms with Crippen LogP contribution in [0.2, 0.25) is 0 Å². The largest absolute Gasteiger partial charge is 0.494 e. The Morgan fingerprint density at radius 2 is 1.81 bits per heavy atom. The molecule has 1 heterocycles. The minimum Gasteiger partial charge on any atom is -0.494 e. The first-order valence-corrected chi connectivity index (χ1v) is 12.1. The van der Waals surface area contributed by atoms with Gasteiger partial charge in [0.1, 0.15) is 0 Å². The smallest absolute Gasteiger partial charge is 0.338 e. The zero-order chi connectivity index (χ0) is 25.7. The molecule has 36 heavy (non-hydrogen) atoms. The monoisotopic (exact) mass is 485 g/mol. The van der Waals surface area contributed by atoms with Crippen LogP contribution in [0.1, 0.15) is 40.9 Å². The fourth-order valence-corrected chi connectivity index (χ4v) is 4.32. The Hall–Kier alpha value is -4.10. The van der Waals surface area contributed by atoms with Crippen molar-refractivity contribution in [3.63, 3.8) is 0 Å². The summed E-state index contributed by atoms with van der Waals surface area (Å²) in [6.07, 6.45) is 0.810. The third kappa shape index (κ3) is 5.11. The summed E-state index contributed by atoms with van der Waals surface area (Å²) in [5.74, 6) is -0.436. The molecular weight excluding hydrogens is 454 g/mol. The van der Waals surface area contributed by atoms with Crippen molar-refractivity contribution in [2.24, 2.45) is 4.99 Å². The summed E-state index contributed by atoms with van der Waals surface area (Å²) in [5.41, 5.74) is 5.96. The van der Waals surface area contributed by atoms with Crippen LogP contribution in [0.3, 0.4) is 0 Å². The van der Waals surface area contributed by atoms with Gasteiger partial charge in [-0.25, -0.2) is 9.79 Å². The third-order valence-electron chi connectivity index (χ3n) is 6.11. The van der Waals surface area contributed by atoms with E-state index in [-0.39, 0.29) is 19.1 Å². The highest BCUT2D eigenvalue weighted by atomic mass is 16.5. The van der Waals surface area contributed by atoms with E-state index in [0.29, 0.717) is 28.9 Å². The second-order valence-electron chi connectivity index (χ2n) is 8.47. The van der Waals surface area contributed by atoms with Crippen molar-refractivity contribution in [3.8, 4) is 5.88 Å². The van der Waals surface area contributed by atoms with Crippen molar-refractivity contribution in [1.29, 1.82) is 0 Å². The van der Waals surface area contributed by atoms with Crippen LogP contribution in [0, 0.1) is 0 Å². The molecule has 4 rings (SSSR count). The number of likely N-dealkylation sites (N-methyl/N-ethyl adjacent to an activating group) is 1. The highest BCUT2D eigenvalue weighted by Gasteiger charge is 2.20. The summed E-state index contributed by atoms with van der Waals surface area (Å²) in [6, 6.07) is 20.9. The fraction of sp³-hybridized carbons (Fsp3) is 0.241. The summed E-state index contributed by atoms with van der Waals surface area (Å²) in [7, 11) is 1.96. The van der Waals surface area contributed by atoms with Crippen molar-refractivity contribution in [3.05, 3.63) is 89.0 Å². The van der Waals surface area contributed by atoms with E-state index in [1.165, 1.54) is 0 Å². The lowest BCUT2D eigenvalue weighted by molar-refractivity contribution is 0.0526. The number of hydrogen-bond donors (Lipinski definition) is 3. The molecule has 0 bridgehead atoms. The van der Waals surface area contributed by atoms with Gasteiger partial charge in [0.05, 0.1) is 35.7 Å². The molecule has 7 nitrogen and oxygen atoms in total. The number of hydrogen-bond acceptors (Lipinski definition) is 6. The van der Waals surface area contributed by atoms with E-state index in [1.807, 2.05) is 60.5 Å². The maximum atomic E-state index is 12.2. The zero-order valence-corrected chi connectivity index (χ0v) is 20.8. The molecule has 0 saturated carbocycles. The van der Waals surface area contributed by atoms with Crippen molar-refractivity contribution in [1.82, 2.24) is 4.98 Å². The molecule has 3 aromatic carbocycles. The Labute approximate surface area is 210 Å². The summed E-state index contributed by atoms with van der Waals surface area (Å²) in [6.45, 7) is 4.76.